The normalized spacial score (nSPS) is 15.1. The van der Waals surface area contributed by atoms with Crippen molar-refractivity contribution in [1.82, 2.24) is 4.31 Å². The first-order valence-electron chi connectivity index (χ1n) is 9.00. The minimum absolute atomic E-state index is 0.00394. The van der Waals surface area contributed by atoms with Gasteiger partial charge in [-0.15, -0.1) is 0 Å². The van der Waals surface area contributed by atoms with Crippen LogP contribution in [0.1, 0.15) is 29.6 Å². The number of non-ortho nitro benzene ring substituents is 1. The number of nitrogens with zero attached hydrogens (tertiary/aromatic N) is 2. The molecule has 1 saturated heterocycles. The third kappa shape index (κ3) is 4.55. The Morgan fingerprint density at radius 3 is 2.18 bits per heavy atom. The first kappa shape index (κ1) is 20.0. The highest BCUT2D eigenvalue weighted by Gasteiger charge is 2.25. The quantitative estimate of drug-likeness (QED) is 0.432. The van der Waals surface area contributed by atoms with Gasteiger partial charge in [-0.05, 0) is 49.2 Å². The summed E-state index contributed by atoms with van der Waals surface area (Å²) in [6.45, 7) is 1.09. The fourth-order valence-corrected chi connectivity index (χ4v) is 4.57. The van der Waals surface area contributed by atoms with Crippen molar-refractivity contribution in [2.24, 2.45) is 0 Å². The van der Waals surface area contributed by atoms with Crippen LogP contribution in [0.3, 0.4) is 0 Å². The third-order valence-electron chi connectivity index (χ3n) is 4.66. The zero-order valence-electron chi connectivity index (χ0n) is 15.2. The number of hydrogen-bond donors (Lipinski definition) is 1. The summed E-state index contributed by atoms with van der Waals surface area (Å²) in [7, 11) is -3.48. The lowest BCUT2D eigenvalue weighted by atomic mass is 10.1. The average Bonchev–Trinajstić information content (AvgIpc) is 2.73. The number of anilines is 1. The Morgan fingerprint density at radius 1 is 1.00 bits per heavy atom. The second kappa shape index (κ2) is 8.49. The minimum Gasteiger partial charge on any atom is -0.378 e. The lowest BCUT2D eigenvalue weighted by Gasteiger charge is -2.25. The van der Waals surface area contributed by atoms with Crippen LogP contribution in [0.2, 0.25) is 0 Å². The van der Waals surface area contributed by atoms with Gasteiger partial charge < -0.3 is 5.32 Å². The third-order valence-corrected chi connectivity index (χ3v) is 6.57. The van der Waals surface area contributed by atoms with Gasteiger partial charge in [0.1, 0.15) is 0 Å². The van der Waals surface area contributed by atoms with Crippen molar-refractivity contribution in [2.45, 2.75) is 24.2 Å². The summed E-state index contributed by atoms with van der Waals surface area (Å²) in [4.78, 5) is 22.6. The maximum Gasteiger partial charge on any atom is 0.269 e. The first-order chi connectivity index (χ1) is 13.4. The molecule has 148 valence electrons. The van der Waals surface area contributed by atoms with E-state index in [0.717, 1.165) is 19.3 Å². The number of carbonyl (C=O) groups is 1. The highest BCUT2D eigenvalue weighted by atomic mass is 32.2. The molecule has 2 aromatic rings. The van der Waals surface area contributed by atoms with Gasteiger partial charge in [-0.3, -0.25) is 14.9 Å². The smallest absolute Gasteiger partial charge is 0.269 e. The molecule has 0 aliphatic carbocycles. The number of ketones is 1. The summed E-state index contributed by atoms with van der Waals surface area (Å²) in [6.07, 6.45) is 2.81. The van der Waals surface area contributed by atoms with Gasteiger partial charge in [0.05, 0.1) is 16.4 Å². The number of hydrogen-bond acceptors (Lipinski definition) is 6. The summed E-state index contributed by atoms with van der Waals surface area (Å²) < 4.78 is 26.8. The molecule has 0 unspecified atom stereocenters. The van der Waals surface area contributed by atoms with Crippen molar-refractivity contribution in [3.05, 3.63) is 64.2 Å². The van der Waals surface area contributed by atoms with Crippen LogP contribution >= 0.6 is 0 Å². The molecule has 3 rings (SSSR count). The maximum atomic E-state index is 12.6. The Morgan fingerprint density at radius 2 is 1.61 bits per heavy atom. The average molecular weight is 403 g/mol. The Kier molecular flexibility index (Phi) is 6.05. The van der Waals surface area contributed by atoms with E-state index < -0.39 is 14.9 Å². The monoisotopic (exact) mass is 403 g/mol. The second-order valence-corrected chi connectivity index (χ2v) is 8.51. The molecule has 0 radical (unpaired) electrons. The van der Waals surface area contributed by atoms with Crippen molar-refractivity contribution >= 4 is 27.2 Å². The van der Waals surface area contributed by atoms with E-state index in [2.05, 4.69) is 5.32 Å². The molecule has 28 heavy (non-hydrogen) atoms. The number of benzene rings is 2. The Labute approximate surface area is 163 Å². The molecule has 1 heterocycles. The van der Waals surface area contributed by atoms with Crippen LogP contribution in [0, 0.1) is 10.1 Å². The number of nitro benzene ring substituents is 1. The first-order valence-corrected chi connectivity index (χ1v) is 10.4. The van der Waals surface area contributed by atoms with Crippen molar-refractivity contribution in [2.75, 3.05) is 25.0 Å². The predicted octanol–water partition coefficient (Wildman–Crippen LogP) is 3.06. The van der Waals surface area contributed by atoms with Crippen molar-refractivity contribution in [3.8, 4) is 0 Å². The number of piperidine rings is 1. The number of Topliss-reactive ketones (excluding diaryl/α,β-unsaturated/α-hetero) is 1. The molecule has 0 aromatic heterocycles. The minimum atomic E-state index is -3.48. The summed E-state index contributed by atoms with van der Waals surface area (Å²) in [6, 6.07) is 11.7. The summed E-state index contributed by atoms with van der Waals surface area (Å²) in [5.74, 6) is -0.222. The standard InChI is InChI=1S/C19H21N3O5S/c23-19(15-4-8-17(9-5-15)22(24)25)14-20-16-6-10-18(11-7-16)28(26,27)21-12-2-1-3-13-21/h4-11,20H,1-3,12-14H2. The van der Waals surface area contributed by atoms with Crippen LogP contribution in [0.5, 0.6) is 0 Å². The largest absolute Gasteiger partial charge is 0.378 e. The lowest BCUT2D eigenvalue weighted by Crippen LogP contribution is -2.35. The predicted molar refractivity (Wildman–Crippen MR) is 105 cm³/mol. The molecule has 2 aromatic carbocycles. The van der Waals surface area contributed by atoms with Crippen LogP contribution < -0.4 is 5.32 Å². The fourth-order valence-electron chi connectivity index (χ4n) is 3.05. The van der Waals surface area contributed by atoms with Crippen LogP contribution in [-0.2, 0) is 10.0 Å². The van der Waals surface area contributed by atoms with E-state index in [9.17, 15) is 23.3 Å². The SMILES string of the molecule is O=C(CNc1ccc(S(=O)(=O)N2CCCCC2)cc1)c1ccc([N+](=O)[O-])cc1. The summed E-state index contributed by atoms with van der Waals surface area (Å²) in [5, 5.41) is 13.6. The van der Waals surface area contributed by atoms with Crippen LogP contribution in [0.25, 0.3) is 0 Å². The molecule has 1 N–H and O–H groups in total. The summed E-state index contributed by atoms with van der Waals surface area (Å²) >= 11 is 0. The van der Waals surface area contributed by atoms with E-state index in [1.54, 1.807) is 12.1 Å². The number of sulfonamides is 1. The van der Waals surface area contributed by atoms with Crippen molar-refractivity contribution < 1.29 is 18.1 Å². The van der Waals surface area contributed by atoms with Gasteiger partial charge in [-0.1, -0.05) is 6.42 Å². The van der Waals surface area contributed by atoms with Gasteiger partial charge in [0.2, 0.25) is 10.0 Å². The molecular weight excluding hydrogens is 382 g/mol. The molecule has 8 nitrogen and oxygen atoms in total. The molecule has 0 spiro atoms. The number of carbonyl (C=O) groups excluding carboxylic acids is 1. The Bertz CT molecular complexity index is 950. The number of nitrogens with one attached hydrogen (secondary N) is 1. The Hall–Kier alpha value is -2.78. The van der Waals surface area contributed by atoms with E-state index in [1.165, 1.54) is 40.7 Å². The van der Waals surface area contributed by atoms with E-state index in [-0.39, 0.29) is 22.9 Å². The highest BCUT2D eigenvalue weighted by Crippen LogP contribution is 2.22. The van der Waals surface area contributed by atoms with Crippen molar-refractivity contribution in [1.29, 1.82) is 0 Å². The van der Waals surface area contributed by atoms with Crippen LogP contribution in [0.4, 0.5) is 11.4 Å². The highest BCUT2D eigenvalue weighted by molar-refractivity contribution is 7.89. The zero-order valence-corrected chi connectivity index (χ0v) is 16.0. The van der Waals surface area contributed by atoms with E-state index in [0.29, 0.717) is 24.3 Å². The maximum absolute atomic E-state index is 12.6. The lowest BCUT2D eigenvalue weighted by molar-refractivity contribution is -0.384. The number of nitro groups is 1. The molecule has 0 amide bonds. The topological polar surface area (TPSA) is 110 Å². The molecular formula is C19H21N3O5S. The molecule has 0 atom stereocenters. The molecule has 0 saturated carbocycles. The fraction of sp³-hybridized carbons (Fsp3) is 0.316. The van der Waals surface area contributed by atoms with Gasteiger partial charge in [-0.2, -0.15) is 4.31 Å². The van der Waals surface area contributed by atoms with Gasteiger partial charge in [0.25, 0.3) is 5.69 Å². The van der Waals surface area contributed by atoms with Gasteiger partial charge >= 0.3 is 0 Å². The van der Waals surface area contributed by atoms with Gasteiger partial charge in [0.15, 0.2) is 5.78 Å². The molecule has 0 bridgehead atoms. The van der Waals surface area contributed by atoms with Gasteiger partial charge in [-0.25, -0.2) is 8.42 Å². The van der Waals surface area contributed by atoms with Gasteiger partial charge in [0, 0.05) is 36.5 Å². The second-order valence-electron chi connectivity index (χ2n) is 6.57. The van der Waals surface area contributed by atoms with Crippen LogP contribution in [-0.4, -0.2) is 43.1 Å². The zero-order chi connectivity index (χ0) is 20.1. The van der Waals surface area contributed by atoms with Crippen LogP contribution in [0.15, 0.2) is 53.4 Å². The molecule has 1 aliphatic rings. The summed E-state index contributed by atoms with van der Waals surface area (Å²) in [5.41, 5.74) is 0.908. The van der Waals surface area contributed by atoms with E-state index in [1.807, 2.05) is 0 Å². The Balaban J connectivity index is 1.61. The van der Waals surface area contributed by atoms with E-state index >= 15 is 0 Å². The number of rotatable bonds is 7. The molecule has 9 heteroatoms. The molecule has 1 aliphatic heterocycles. The van der Waals surface area contributed by atoms with E-state index in [4.69, 9.17) is 0 Å². The van der Waals surface area contributed by atoms with Crippen molar-refractivity contribution in [3.63, 3.8) is 0 Å². The molecule has 1 fully saturated rings.